The van der Waals surface area contributed by atoms with Crippen molar-refractivity contribution in [1.29, 1.82) is 0 Å². The van der Waals surface area contributed by atoms with Gasteiger partial charge in [-0.3, -0.25) is 4.79 Å². The summed E-state index contributed by atoms with van der Waals surface area (Å²) in [6, 6.07) is 9.39. The van der Waals surface area contributed by atoms with Crippen LogP contribution in [0.2, 0.25) is 0 Å². The fourth-order valence-corrected chi connectivity index (χ4v) is 4.66. The van der Waals surface area contributed by atoms with E-state index in [1.165, 1.54) is 7.11 Å². The molecule has 0 saturated heterocycles. The Hall–Kier alpha value is -3.48. The lowest BCUT2D eigenvalue weighted by Crippen LogP contribution is -2.35. The molecule has 32 heavy (non-hydrogen) atoms. The third kappa shape index (κ3) is 3.68. The van der Waals surface area contributed by atoms with Gasteiger partial charge in [0.2, 0.25) is 0 Å². The lowest BCUT2D eigenvalue weighted by atomic mass is 9.73. The molecular formula is C25H27NO6. The third-order valence-corrected chi connectivity index (χ3v) is 6.16. The second-order valence-electron chi connectivity index (χ2n) is 8.07. The van der Waals surface area contributed by atoms with Crippen LogP contribution >= 0.6 is 0 Å². The summed E-state index contributed by atoms with van der Waals surface area (Å²) in [4.78, 5) is 26.1. The number of nitrogens with one attached hydrogen (secondary N) is 1. The van der Waals surface area contributed by atoms with Crippen LogP contribution in [0.1, 0.15) is 48.7 Å². The first-order valence-electron chi connectivity index (χ1n) is 10.5. The van der Waals surface area contributed by atoms with Gasteiger partial charge in [0.1, 0.15) is 11.5 Å². The Bertz CT molecular complexity index is 1140. The summed E-state index contributed by atoms with van der Waals surface area (Å²) < 4.78 is 21.7. The summed E-state index contributed by atoms with van der Waals surface area (Å²) in [5, 5.41) is 3.31. The molecule has 168 valence electrons. The van der Waals surface area contributed by atoms with Crippen LogP contribution < -0.4 is 14.8 Å². The maximum Gasteiger partial charge on any atom is 0.336 e. The fraction of sp³-hybridized carbons (Fsp3) is 0.360. The lowest BCUT2D eigenvalue weighted by molar-refractivity contribution is -0.136. The zero-order valence-electron chi connectivity index (χ0n) is 18.9. The molecule has 4 rings (SSSR count). The maximum absolute atomic E-state index is 13.5. The molecule has 2 atom stereocenters. The number of ketones is 1. The molecule has 1 aromatic carbocycles. The van der Waals surface area contributed by atoms with Crippen LogP contribution in [0.3, 0.4) is 0 Å². The molecule has 1 aliphatic carbocycles. The standard InChI is InChI=1S/C25H27NO6/c1-13-6-8-20(32-13)24-22(25(28)31-5)14(2)26-17-10-16(11-18(27)23(17)24)15-7-9-19(29-3)21(12-15)30-4/h6-9,12,16,24,26H,10-11H2,1-5H3/t16-,24+/m1/s1. The second kappa shape index (κ2) is 8.57. The SMILES string of the molecule is COC(=O)C1=C(C)NC2=C(C(=O)C[C@H](c3ccc(OC)c(OC)c3)C2)[C@H]1c1ccc(C)o1. The Morgan fingerprint density at radius 2 is 1.78 bits per heavy atom. The zero-order valence-corrected chi connectivity index (χ0v) is 18.9. The number of dihydropyridines is 1. The van der Waals surface area contributed by atoms with Gasteiger partial charge in [-0.15, -0.1) is 0 Å². The predicted octanol–water partition coefficient (Wildman–Crippen LogP) is 4.14. The van der Waals surface area contributed by atoms with Crippen molar-refractivity contribution in [3.8, 4) is 11.5 Å². The Morgan fingerprint density at radius 1 is 1.03 bits per heavy atom. The largest absolute Gasteiger partial charge is 0.493 e. The first-order chi connectivity index (χ1) is 15.4. The van der Waals surface area contributed by atoms with E-state index in [0.717, 1.165) is 11.3 Å². The maximum atomic E-state index is 13.5. The van der Waals surface area contributed by atoms with Crippen LogP contribution in [0.5, 0.6) is 11.5 Å². The molecule has 2 aromatic rings. The van der Waals surface area contributed by atoms with E-state index in [1.54, 1.807) is 14.2 Å². The number of aryl methyl sites for hydroxylation is 1. The highest BCUT2D eigenvalue weighted by atomic mass is 16.5. The highest BCUT2D eigenvalue weighted by molar-refractivity contribution is 6.04. The monoisotopic (exact) mass is 437 g/mol. The summed E-state index contributed by atoms with van der Waals surface area (Å²) in [6.45, 7) is 3.66. The lowest BCUT2D eigenvalue weighted by Gasteiger charge is -2.35. The normalized spacial score (nSPS) is 20.6. The van der Waals surface area contributed by atoms with Gasteiger partial charge < -0.3 is 23.9 Å². The Kier molecular flexibility index (Phi) is 5.82. The van der Waals surface area contributed by atoms with Crippen molar-refractivity contribution in [3.63, 3.8) is 0 Å². The minimum absolute atomic E-state index is 0.0218. The number of ether oxygens (including phenoxy) is 3. The number of furan rings is 1. The number of allylic oxidation sites excluding steroid dienone is 3. The predicted molar refractivity (Wildman–Crippen MR) is 118 cm³/mol. The number of methoxy groups -OCH3 is 3. The molecule has 0 bridgehead atoms. The van der Waals surface area contributed by atoms with E-state index in [0.29, 0.717) is 52.7 Å². The van der Waals surface area contributed by atoms with Crippen molar-refractivity contribution in [1.82, 2.24) is 5.32 Å². The molecule has 7 nitrogen and oxygen atoms in total. The highest BCUT2D eigenvalue weighted by Crippen LogP contribution is 2.46. The number of rotatable bonds is 5. The minimum atomic E-state index is -0.591. The van der Waals surface area contributed by atoms with Gasteiger partial charge in [-0.2, -0.15) is 0 Å². The van der Waals surface area contributed by atoms with Crippen molar-refractivity contribution in [2.75, 3.05) is 21.3 Å². The molecule has 0 unspecified atom stereocenters. The van der Waals surface area contributed by atoms with Gasteiger partial charge >= 0.3 is 5.97 Å². The number of carbonyl (C=O) groups excluding carboxylic acids is 2. The third-order valence-electron chi connectivity index (χ3n) is 6.16. The molecule has 0 saturated carbocycles. The van der Waals surface area contributed by atoms with Gasteiger partial charge in [0.05, 0.1) is 32.8 Å². The molecule has 1 aromatic heterocycles. The summed E-state index contributed by atoms with van der Waals surface area (Å²) in [5.41, 5.74) is 3.44. The van der Waals surface area contributed by atoms with E-state index in [9.17, 15) is 9.59 Å². The quantitative estimate of drug-likeness (QED) is 0.704. The van der Waals surface area contributed by atoms with E-state index in [2.05, 4.69) is 5.32 Å². The van der Waals surface area contributed by atoms with Gasteiger partial charge in [-0.1, -0.05) is 6.07 Å². The van der Waals surface area contributed by atoms with E-state index in [4.69, 9.17) is 18.6 Å². The number of esters is 1. The molecule has 0 fully saturated rings. The van der Waals surface area contributed by atoms with Crippen LogP contribution in [0, 0.1) is 6.92 Å². The summed E-state index contributed by atoms with van der Waals surface area (Å²) >= 11 is 0. The Morgan fingerprint density at radius 3 is 2.41 bits per heavy atom. The van der Waals surface area contributed by atoms with E-state index < -0.39 is 11.9 Å². The smallest absolute Gasteiger partial charge is 0.336 e. The molecule has 7 heteroatoms. The van der Waals surface area contributed by atoms with Crippen molar-refractivity contribution in [2.24, 2.45) is 0 Å². The first kappa shape index (κ1) is 21.7. The molecule has 1 N–H and O–H groups in total. The van der Waals surface area contributed by atoms with Gasteiger partial charge in [0.15, 0.2) is 17.3 Å². The second-order valence-corrected chi connectivity index (χ2v) is 8.07. The van der Waals surface area contributed by atoms with Gasteiger partial charge in [0.25, 0.3) is 0 Å². The van der Waals surface area contributed by atoms with Crippen LogP contribution in [0.15, 0.2) is 57.3 Å². The highest BCUT2D eigenvalue weighted by Gasteiger charge is 2.42. The summed E-state index contributed by atoms with van der Waals surface area (Å²) in [5.74, 6) is 1.43. The van der Waals surface area contributed by atoms with Crippen molar-refractivity contribution in [2.45, 2.75) is 38.5 Å². The van der Waals surface area contributed by atoms with Gasteiger partial charge in [-0.25, -0.2) is 4.79 Å². The number of hydrogen-bond donors (Lipinski definition) is 1. The molecule has 0 amide bonds. The summed E-state index contributed by atoms with van der Waals surface area (Å²) in [6.07, 6.45) is 0.943. The first-order valence-corrected chi connectivity index (χ1v) is 10.5. The van der Waals surface area contributed by atoms with Crippen LogP contribution in [-0.2, 0) is 14.3 Å². The topological polar surface area (TPSA) is 87.0 Å². The molecule has 1 aliphatic heterocycles. The van der Waals surface area contributed by atoms with E-state index in [-0.39, 0.29) is 11.7 Å². The average Bonchev–Trinajstić information content (AvgIpc) is 3.22. The Labute approximate surface area is 187 Å². The number of carbonyl (C=O) groups is 2. The molecule has 2 aliphatic rings. The number of hydrogen-bond acceptors (Lipinski definition) is 7. The Balaban J connectivity index is 1.76. The van der Waals surface area contributed by atoms with Crippen molar-refractivity contribution >= 4 is 11.8 Å². The average molecular weight is 437 g/mol. The fourth-order valence-electron chi connectivity index (χ4n) is 4.66. The van der Waals surface area contributed by atoms with Crippen LogP contribution in [0.25, 0.3) is 0 Å². The van der Waals surface area contributed by atoms with E-state index in [1.807, 2.05) is 44.2 Å². The number of benzene rings is 1. The zero-order chi connectivity index (χ0) is 23.0. The van der Waals surface area contributed by atoms with Gasteiger partial charge in [0, 0.05) is 23.4 Å². The summed E-state index contributed by atoms with van der Waals surface area (Å²) in [7, 11) is 4.53. The van der Waals surface area contributed by atoms with Gasteiger partial charge in [-0.05, 0) is 56.0 Å². The van der Waals surface area contributed by atoms with Crippen LogP contribution in [-0.4, -0.2) is 33.1 Å². The molecule has 0 radical (unpaired) electrons. The van der Waals surface area contributed by atoms with E-state index >= 15 is 0 Å². The minimum Gasteiger partial charge on any atom is -0.493 e. The molecule has 0 spiro atoms. The molecule has 2 heterocycles. The van der Waals surface area contributed by atoms with Crippen molar-refractivity contribution < 1.29 is 28.2 Å². The number of Topliss-reactive ketones (excluding diaryl/α,β-unsaturated/α-hetero) is 1. The van der Waals surface area contributed by atoms with Crippen molar-refractivity contribution in [3.05, 3.63) is 70.0 Å². The molecular weight excluding hydrogens is 410 g/mol. The van der Waals surface area contributed by atoms with Crippen LogP contribution in [0.4, 0.5) is 0 Å².